The fourth-order valence-corrected chi connectivity index (χ4v) is 4.58. The summed E-state index contributed by atoms with van der Waals surface area (Å²) >= 11 is 0. The lowest BCUT2D eigenvalue weighted by Crippen LogP contribution is -3.28. The summed E-state index contributed by atoms with van der Waals surface area (Å²) in [6.07, 6.45) is 1.59. The number of aryl methyl sites for hydroxylation is 1. The first-order valence-electron chi connectivity index (χ1n) is 10.5. The number of aliphatic hydroxyl groups is 1. The zero-order valence-corrected chi connectivity index (χ0v) is 20.4. The standard InChI is InChI=1S/C21H28N6O4.2ClH/c1-23-19-18(20(29)24(2)21(23)30)27(14-22-19)12-15(13-28)25-8-10-26(11-9-25)16-6-4-5-7-17(16)31-3;;/h4-7,14-15,28H,8-13H2,1-3H3;2*1H. The van der Waals surface area contributed by atoms with E-state index in [1.165, 1.54) is 21.4 Å². The third-order valence-corrected chi connectivity index (χ3v) is 6.42. The van der Waals surface area contributed by atoms with Crippen molar-refractivity contribution in [3.63, 3.8) is 0 Å². The Morgan fingerprint density at radius 1 is 1.09 bits per heavy atom. The lowest BCUT2D eigenvalue weighted by molar-refractivity contribution is -1.00. The quantitative estimate of drug-likeness (QED) is 0.312. The number of fused-ring (bicyclic) bond motifs is 1. The molecule has 0 radical (unpaired) electrons. The van der Waals surface area contributed by atoms with Crippen LogP contribution in [-0.4, -0.2) is 69.7 Å². The van der Waals surface area contributed by atoms with E-state index in [-0.39, 0.29) is 43.0 Å². The first-order chi connectivity index (χ1) is 15.0. The number of nitrogens with zero attached hydrogens (tertiary/aromatic N) is 4. The minimum absolute atomic E-state index is 0. The molecule has 1 saturated heterocycles. The van der Waals surface area contributed by atoms with Gasteiger partial charge in [0.05, 0.1) is 26.6 Å². The Bertz CT molecular complexity index is 1200. The van der Waals surface area contributed by atoms with Gasteiger partial charge in [-0.1, -0.05) is 12.1 Å². The third-order valence-electron chi connectivity index (χ3n) is 6.42. The molecule has 2 aromatic heterocycles. The Balaban J connectivity index is 0.00000193. The Labute approximate surface area is 203 Å². The van der Waals surface area contributed by atoms with Gasteiger partial charge in [0.1, 0.15) is 32.2 Å². The number of methoxy groups -OCH3 is 1. The van der Waals surface area contributed by atoms with Crippen LogP contribution in [0.3, 0.4) is 0 Å². The molecule has 1 aliphatic heterocycles. The zero-order chi connectivity index (χ0) is 22.1. The summed E-state index contributed by atoms with van der Waals surface area (Å²) in [6, 6.07) is 8.01. The summed E-state index contributed by atoms with van der Waals surface area (Å²) < 4.78 is 9.75. The maximum atomic E-state index is 12.7. The molecule has 33 heavy (non-hydrogen) atoms. The van der Waals surface area contributed by atoms with Crippen molar-refractivity contribution in [2.24, 2.45) is 14.1 Å². The van der Waals surface area contributed by atoms with Gasteiger partial charge >= 0.3 is 5.69 Å². The van der Waals surface area contributed by atoms with Crippen LogP contribution in [-0.2, 0) is 20.6 Å². The van der Waals surface area contributed by atoms with Gasteiger partial charge in [0.25, 0.3) is 5.56 Å². The number of benzene rings is 1. The molecular weight excluding hydrogens is 471 g/mol. The molecule has 3 heterocycles. The number of hydrogen-bond donors (Lipinski definition) is 3. The minimum atomic E-state index is -0.400. The van der Waals surface area contributed by atoms with E-state index in [2.05, 4.69) is 11.1 Å². The smallest absolute Gasteiger partial charge is 0.332 e. The summed E-state index contributed by atoms with van der Waals surface area (Å²) in [4.78, 5) is 31.8. The molecule has 3 aromatic rings. The molecule has 182 valence electrons. The van der Waals surface area contributed by atoms with Crippen LogP contribution in [0.5, 0.6) is 5.75 Å². The monoisotopic (exact) mass is 500 g/mol. The zero-order valence-electron chi connectivity index (χ0n) is 18.9. The number of para-hydroxylation sites is 2. The number of nitrogens with one attached hydrogen (secondary N) is 2. The summed E-state index contributed by atoms with van der Waals surface area (Å²) in [6.45, 7) is 4.09. The van der Waals surface area contributed by atoms with E-state index in [9.17, 15) is 14.7 Å². The van der Waals surface area contributed by atoms with Gasteiger partial charge in [0.15, 0.2) is 22.6 Å². The van der Waals surface area contributed by atoms with E-state index in [0.29, 0.717) is 17.7 Å². The number of hydrogen-bond acceptors (Lipinski definition) is 5. The molecule has 1 atom stereocenters. The lowest BCUT2D eigenvalue weighted by Gasteiger charge is -2.34. The second-order valence-corrected chi connectivity index (χ2v) is 8.12. The number of rotatable bonds is 6. The SMILES string of the molecule is COc1ccccc1[NH+]1CC[NH+](C(CO)Cn2cnc3c2c(=O)n(C)c(=O)n3C)CC1.[Cl-].[Cl-]. The Kier molecular flexibility index (Phi) is 9.10. The highest BCUT2D eigenvalue weighted by molar-refractivity contribution is 5.69. The number of quaternary nitrogens is 2. The van der Waals surface area contributed by atoms with Crippen LogP contribution < -0.4 is 50.6 Å². The van der Waals surface area contributed by atoms with Crippen molar-refractivity contribution >= 4 is 16.9 Å². The maximum Gasteiger partial charge on any atom is 0.332 e. The number of ether oxygens (including phenoxy) is 1. The van der Waals surface area contributed by atoms with Gasteiger partial charge in [-0.3, -0.25) is 18.8 Å². The molecule has 0 bridgehead atoms. The first kappa shape index (κ1) is 26.9. The number of imidazole rings is 1. The van der Waals surface area contributed by atoms with Crippen molar-refractivity contribution in [1.82, 2.24) is 18.7 Å². The fourth-order valence-electron chi connectivity index (χ4n) is 4.58. The second kappa shape index (κ2) is 11.2. The number of piperazine rings is 1. The molecule has 4 rings (SSSR count). The van der Waals surface area contributed by atoms with Crippen LogP contribution in [0.25, 0.3) is 11.2 Å². The number of aliphatic hydroxyl groups excluding tert-OH is 1. The van der Waals surface area contributed by atoms with Crippen molar-refractivity contribution in [2.45, 2.75) is 12.6 Å². The molecule has 0 amide bonds. The molecule has 1 fully saturated rings. The molecule has 1 aliphatic rings. The number of halogens is 2. The lowest BCUT2D eigenvalue weighted by atomic mass is 10.2. The molecule has 1 aromatic carbocycles. The highest BCUT2D eigenvalue weighted by Gasteiger charge is 2.32. The largest absolute Gasteiger partial charge is 1.00 e. The van der Waals surface area contributed by atoms with E-state index in [1.807, 2.05) is 18.2 Å². The predicted octanol–water partition coefficient (Wildman–Crippen LogP) is -9.07. The second-order valence-electron chi connectivity index (χ2n) is 8.12. The Morgan fingerprint density at radius 3 is 2.39 bits per heavy atom. The first-order valence-corrected chi connectivity index (χ1v) is 10.5. The van der Waals surface area contributed by atoms with Crippen LogP contribution in [0.2, 0.25) is 0 Å². The molecule has 12 heteroatoms. The third kappa shape index (κ3) is 4.95. The summed E-state index contributed by atoms with van der Waals surface area (Å²) in [5.41, 5.74) is 1.15. The molecular formula is C21H30Cl2N6O4. The van der Waals surface area contributed by atoms with Gasteiger partial charge in [-0.25, -0.2) is 9.78 Å². The van der Waals surface area contributed by atoms with Crippen molar-refractivity contribution in [2.75, 3.05) is 39.9 Å². The van der Waals surface area contributed by atoms with Gasteiger partial charge in [0, 0.05) is 20.2 Å². The summed E-state index contributed by atoms with van der Waals surface area (Å²) in [7, 11) is 4.77. The Hall–Kier alpha value is -2.37. The van der Waals surface area contributed by atoms with E-state index >= 15 is 0 Å². The maximum absolute atomic E-state index is 12.7. The molecule has 0 aliphatic carbocycles. The van der Waals surface area contributed by atoms with Gasteiger partial charge in [-0.2, -0.15) is 0 Å². The van der Waals surface area contributed by atoms with Gasteiger partial charge in [0.2, 0.25) is 0 Å². The number of aromatic nitrogens is 4. The molecule has 0 spiro atoms. The van der Waals surface area contributed by atoms with Gasteiger partial charge in [-0.05, 0) is 6.07 Å². The van der Waals surface area contributed by atoms with Crippen LogP contribution in [0.1, 0.15) is 0 Å². The van der Waals surface area contributed by atoms with Crippen LogP contribution in [0.15, 0.2) is 40.2 Å². The van der Waals surface area contributed by atoms with E-state index in [0.717, 1.165) is 42.2 Å². The molecule has 0 saturated carbocycles. The topological polar surface area (TPSA) is 100 Å². The average Bonchev–Trinajstić information content (AvgIpc) is 3.23. The van der Waals surface area contributed by atoms with Crippen LogP contribution in [0, 0.1) is 0 Å². The van der Waals surface area contributed by atoms with Crippen LogP contribution in [0.4, 0.5) is 5.69 Å². The van der Waals surface area contributed by atoms with Crippen molar-refractivity contribution in [1.29, 1.82) is 0 Å². The van der Waals surface area contributed by atoms with E-state index < -0.39 is 5.69 Å². The average molecular weight is 501 g/mol. The van der Waals surface area contributed by atoms with Crippen molar-refractivity contribution in [3.8, 4) is 5.75 Å². The van der Waals surface area contributed by atoms with Crippen LogP contribution >= 0.6 is 0 Å². The van der Waals surface area contributed by atoms with Crippen molar-refractivity contribution < 1.29 is 44.5 Å². The van der Waals surface area contributed by atoms with E-state index in [1.54, 1.807) is 25.1 Å². The normalized spacial score (nSPS) is 18.9. The van der Waals surface area contributed by atoms with Gasteiger partial charge < -0.3 is 44.1 Å². The molecule has 1 unspecified atom stereocenters. The summed E-state index contributed by atoms with van der Waals surface area (Å²) in [5, 5.41) is 10.1. The predicted molar refractivity (Wildman–Crippen MR) is 115 cm³/mol. The highest BCUT2D eigenvalue weighted by Crippen LogP contribution is 2.18. The molecule has 10 nitrogen and oxygen atoms in total. The fraction of sp³-hybridized carbons (Fsp3) is 0.476. The highest BCUT2D eigenvalue weighted by atomic mass is 35.5. The molecule has 3 N–H and O–H groups in total. The van der Waals surface area contributed by atoms with E-state index in [4.69, 9.17) is 4.74 Å². The van der Waals surface area contributed by atoms with Gasteiger partial charge in [-0.15, -0.1) is 0 Å². The minimum Gasteiger partial charge on any atom is -1.00 e. The Morgan fingerprint density at radius 2 is 1.76 bits per heavy atom. The summed E-state index contributed by atoms with van der Waals surface area (Å²) in [5.74, 6) is 0.894. The van der Waals surface area contributed by atoms with Crippen molar-refractivity contribution in [3.05, 3.63) is 51.4 Å².